The molecule has 1 saturated heterocycles. The molecule has 0 bridgehead atoms. The molecule has 36 heavy (non-hydrogen) atoms. The molecule has 1 aliphatic carbocycles. The van der Waals surface area contributed by atoms with Gasteiger partial charge >= 0.3 is 12.3 Å². The van der Waals surface area contributed by atoms with Crippen LogP contribution in [0.25, 0.3) is 0 Å². The highest BCUT2D eigenvalue weighted by Crippen LogP contribution is 2.39. The normalized spacial score (nSPS) is 23.4. The average molecular weight is 512 g/mol. The van der Waals surface area contributed by atoms with Crippen molar-refractivity contribution in [2.24, 2.45) is 17.8 Å². The van der Waals surface area contributed by atoms with Crippen molar-refractivity contribution in [1.82, 2.24) is 15.1 Å². The van der Waals surface area contributed by atoms with Gasteiger partial charge in [0, 0.05) is 32.7 Å². The summed E-state index contributed by atoms with van der Waals surface area (Å²) in [4.78, 5) is 29.6. The summed E-state index contributed by atoms with van der Waals surface area (Å²) in [7, 11) is 1.60. The Bertz CT molecular complexity index is 929. The van der Waals surface area contributed by atoms with Gasteiger partial charge in [0.1, 0.15) is 11.6 Å². The molecule has 202 valence electrons. The topological polar surface area (TPSA) is 61.9 Å². The van der Waals surface area contributed by atoms with Gasteiger partial charge in [-0.2, -0.15) is 13.2 Å². The van der Waals surface area contributed by atoms with Crippen LogP contribution >= 0.6 is 0 Å². The molecule has 6 nitrogen and oxygen atoms in total. The first kappa shape index (κ1) is 28.3. The van der Waals surface area contributed by atoms with Crippen LogP contribution in [0.15, 0.2) is 24.3 Å². The zero-order chi connectivity index (χ0) is 26.8. The molecule has 2 aliphatic rings. The predicted molar refractivity (Wildman–Crippen MR) is 132 cm³/mol. The van der Waals surface area contributed by atoms with Crippen molar-refractivity contribution in [3.05, 3.63) is 35.4 Å². The Hall–Kier alpha value is -2.29. The number of nitrogens with zero attached hydrogens (tertiary/aromatic N) is 2. The van der Waals surface area contributed by atoms with Gasteiger partial charge in [0.15, 0.2) is 0 Å². The van der Waals surface area contributed by atoms with E-state index in [-0.39, 0.29) is 23.8 Å². The molecule has 4 atom stereocenters. The highest BCUT2D eigenvalue weighted by atomic mass is 19.4. The molecule has 1 aromatic carbocycles. The van der Waals surface area contributed by atoms with Crippen LogP contribution in [-0.4, -0.2) is 59.6 Å². The number of rotatable bonds is 7. The quantitative estimate of drug-likeness (QED) is 0.539. The van der Waals surface area contributed by atoms with Crippen molar-refractivity contribution in [1.29, 1.82) is 0 Å². The monoisotopic (exact) mass is 511 g/mol. The first-order valence-corrected chi connectivity index (χ1v) is 12.8. The summed E-state index contributed by atoms with van der Waals surface area (Å²) in [5.74, 6) is 0.662. The van der Waals surface area contributed by atoms with Gasteiger partial charge in [-0.15, -0.1) is 0 Å². The SMILES string of the molecule is CC(C)C[C@@H](C(=O)NC1CC[C@H]2CN(Cc3cccc(C(F)(F)F)c3)CC12)N(C)C(=O)OC(C)(C)C. The van der Waals surface area contributed by atoms with E-state index in [1.54, 1.807) is 33.9 Å². The molecule has 2 fully saturated rings. The van der Waals surface area contributed by atoms with Crippen LogP contribution in [0, 0.1) is 17.8 Å². The number of likely N-dealkylation sites (tertiary alicyclic amines) is 1. The number of fused-ring (bicyclic) bond motifs is 1. The third kappa shape index (κ3) is 7.37. The van der Waals surface area contributed by atoms with E-state index in [2.05, 4.69) is 10.2 Å². The number of alkyl halides is 3. The van der Waals surface area contributed by atoms with Crippen molar-refractivity contribution in [3.63, 3.8) is 0 Å². The van der Waals surface area contributed by atoms with Crippen LogP contribution in [0.4, 0.5) is 18.0 Å². The summed E-state index contributed by atoms with van der Waals surface area (Å²) in [6.07, 6.45) is -2.54. The second-order valence-electron chi connectivity index (χ2n) is 11.7. The van der Waals surface area contributed by atoms with Crippen LogP contribution in [-0.2, 0) is 22.3 Å². The molecule has 3 rings (SSSR count). The van der Waals surface area contributed by atoms with E-state index in [4.69, 9.17) is 4.74 Å². The summed E-state index contributed by atoms with van der Waals surface area (Å²) in [5, 5.41) is 3.20. The Kier molecular flexibility index (Phi) is 8.63. The summed E-state index contributed by atoms with van der Waals surface area (Å²) < 4.78 is 44.7. The van der Waals surface area contributed by atoms with Gasteiger partial charge in [-0.25, -0.2) is 4.79 Å². The average Bonchev–Trinajstić information content (AvgIpc) is 3.30. The number of carbonyl (C=O) groups excluding carboxylic acids is 2. The molecule has 1 aliphatic heterocycles. The van der Waals surface area contributed by atoms with E-state index < -0.39 is 29.5 Å². The van der Waals surface area contributed by atoms with Crippen molar-refractivity contribution in [2.75, 3.05) is 20.1 Å². The second-order valence-corrected chi connectivity index (χ2v) is 11.7. The van der Waals surface area contributed by atoms with Gasteiger partial charge in [-0.3, -0.25) is 14.6 Å². The number of amides is 2. The van der Waals surface area contributed by atoms with Gasteiger partial charge in [-0.1, -0.05) is 32.0 Å². The van der Waals surface area contributed by atoms with Gasteiger partial charge in [0.25, 0.3) is 0 Å². The fraction of sp³-hybridized carbons (Fsp3) is 0.704. The van der Waals surface area contributed by atoms with Gasteiger partial charge in [0.2, 0.25) is 5.91 Å². The molecular weight excluding hydrogens is 471 g/mol. The fourth-order valence-corrected chi connectivity index (χ4v) is 5.40. The van der Waals surface area contributed by atoms with Crippen LogP contribution in [0.1, 0.15) is 65.0 Å². The summed E-state index contributed by atoms with van der Waals surface area (Å²) >= 11 is 0. The molecule has 1 N–H and O–H groups in total. The van der Waals surface area contributed by atoms with E-state index in [9.17, 15) is 22.8 Å². The Morgan fingerprint density at radius 2 is 1.86 bits per heavy atom. The molecule has 9 heteroatoms. The summed E-state index contributed by atoms with van der Waals surface area (Å²) in [5.41, 5.74) is -0.647. The molecule has 1 heterocycles. The van der Waals surface area contributed by atoms with Crippen molar-refractivity contribution in [3.8, 4) is 0 Å². The third-order valence-electron chi connectivity index (χ3n) is 7.07. The lowest BCUT2D eigenvalue weighted by Gasteiger charge is -2.32. The molecule has 0 radical (unpaired) electrons. The molecule has 0 spiro atoms. The lowest BCUT2D eigenvalue weighted by molar-refractivity contribution is -0.137. The smallest absolute Gasteiger partial charge is 0.416 e. The highest BCUT2D eigenvalue weighted by Gasteiger charge is 2.44. The first-order valence-electron chi connectivity index (χ1n) is 12.8. The van der Waals surface area contributed by atoms with E-state index in [0.717, 1.165) is 32.0 Å². The Labute approximate surface area is 212 Å². The minimum absolute atomic E-state index is 0.0179. The van der Waals surface area contributed by atoms with E-state index in [0.29, 0.717) is 24.4 Å². The predicted octanol–water partition coefficient (Wildman–Crippen LogP) is 5.31. The zero-order valence-electron chi connectivity index (χ0n) is 22.2. The number of carbonyl (C=O) groups is 2. The molecule has 1 aromatic rings. The molecule has 0 aromatic heterocycles. The lowest BCUT2D eigenvalue weighted by atomic mass is 9.96. The van der Waals surface area contributed by atoms with Gasteiger partial charge in [0.05, 0.1) is 5.56 Å². The maximum Gasteiger partial charge on any atom is 0.416 e. The molecular formula is C27H40F3N3O3. The van der Waals surface area contributed by atoms with Crippen molar-refractivity contribution >= 4 is 12.0 Å². The van der Waals surface area contributed by atoms with Crippen LogP contribution in [0.3, 0.4) is 0 Å². The van der Waals surface area contributed by atoms with E-state index in [1.165, 1.54) is 17.0 Å². The number of ether oxygens (including phenoxy) is 1. The number of benzene rings is 1. The number of hydrogen-bond acceptors (Lipinski definition) is 4. The second kappa shape index (κ2) is 11.0. The minimum Gasteiger partial charge on any atom is -0.444 e. The molecule has 1 saturated carbocycles. The maximum atomic E-state index is 13.4. The summed E-state index contributed by atoms with van der Waals surface area (Å²) in [6.45, 7) is 11.4. The first-order chi connectivity index (χ1) is 16.6. The fourth-order valence-electron chi connectivity index (χ4n) is 5.40. The van der Waals surface area contributed by atoms with Crippen LogP contribution in [0.5, 0.6) is 0 Å². The minimum atomic E-state index is -4.36. The van der Waals surface area contributed by atoms with Crippen LogP contribution in [0.2, 0.25) is 0 Å². The zero-order valence-corrected chi connectivity index (χ0v) is 22.2. The highest BCUT2D eigenvalue weighted by molar-refractivity contribution is 5.86. The number of hydrogen-bond donors (Lipinski definition) is 1. The van der Waals surface area contributed by atoms with Crippen molar-refractivity contribution in [2.45, 2.75) is 84.3 Å². The summed E-state index contributed by atoms with van der Waals surface area (Å²) in [6, 6.07) is 4.84. The van der Waals surface area contributed by atoms with Gasteiger partial charge < -0.3 is 10.1 Å². The Balaban J connectivity index is 1.63. The van der Waals surface area contributed by atoms with E-state index in [1.807, 2.05) is 13.8 Å². The number of nitrogens with one attached hydrogen (secondary N) is 1. The van der Waals surface area contributed by atoms with Crippen LogP contribution < -0.4 is 5.32 Å². The van der Waals surface area contributed by atoms with E-state index >= 15 is 0 Å². The third-order valence-corrected chi connectivity index (χ3v) is 7.07. The van der Waals surface area contributed by atoms with Crippen molar-refractivity contribution < 1.29 is 27.5 Å². The lowest BCUT2D eigenvalue weighted by Crippen LogP contribution is -2.52. The maximum absolute atomic E-state index is 13.4. The molecule has 2 amide bonds. The van der Waals surface area contributed by atoms with Gasteiger partial charge in [-0.05, 0) is 69.4 Å². The standard InChI is InChI=1S/C27H40F3N3O3/c1-17(2)12-23(32(6)25(35)36-26(3,4)5)24(34)31-22-11-10-19-15-33(16-21(19)22)14-18-8-7-9-20(13-18)27(28,29)30/h7-9,13,17,19,21-23H,10-12,14-16H2,1-6H3,(H,31,34)/t19-,21?,22?,23-/m0/s1. The largest absolute Gasteiger partial charge is 0.444 e. The Morgan fingerprint density at radius 1 is 1.17 bits per heavy atom. The number of halogens is 3. The Morgan fingerprint density at radius 3 is 2.47 bits per heavy atom. The number of likely N-dealkylation sites (N-methyl/N-ethyl adjacent to an activating group) is 1. The molecule has 2 unspecified atom stereocenters.